The fraction of sp³-hybridized carbons (Fsp3) is 0.923. The maximum absolute atomic E-state index is 11.9. The van der Waals surface area contributed by atoms with E-state index < -0.39 is 0 Å². The highest BCUT2D eigenvalue weighted by Crippen LogP contribution is 2.51. The van der Waals surface area contributed by atoms with Crippen LogP contribution in [-0.2, 0) is 9.53 Å². The van der Waals surface area contributed by atoms with E-state index >= 15 is 0 Å². The second-order valence-electron chi connectivity index (χ2n) is 6.16. The summed E-state index contributed by atoms with van der Waals surface area (Å²) < 4.78 is 6.06. The van der Waals surface area contributed by atoms with E-state index in [1.54, 1.807) is 0 Å². The van der Waals surface area contributed by atoms with Gasteiger partial charge in [0.25, 0.3) is 0 Å². The van der Waals surface area contributed by atoms with E-state index in [0.717, 1.165) is 19.3 Å². The molecule has 1 aliphatic heterocycles. The average molecular weight is 210 g/mol. The monoisotopic (exact) mass is 210 g/mol. The van der Waals surface area contributed by atoms with Crippen LogP contribution < -0.4 is 0 Å². The predicted molar refractivity (Wildman–Crippen MR) is 59.7 cm³/mol. The van der Waals surface area contributed by atoms with Crippen molar-refractivity contribution in [3.63, 3.8) is 0 Å². The molecule has 15 heavy (non-hydrogen) atoms. The van der Waals surface area contributed by atoms with Gasteiger partial charge >= 0.3 is 0 Å². The van der Waals surface area contributed by atoms with Crippen LogP contribution in [0.15, 0.2) is 0 Å². The van der Waals surface area contributed by atoms with Crippen molar-refractivity contribution in [1.29, 1.82) is 0 Å². The third-order valence-electron chi connectivity index (χ3n) is 4.42. The standard InChI is InChI=1S/C13H22O2/c1-9-5-7-13(4)8-6-10(14)12(2,3)11(13)15-9/h9,11H,5-8H2,1-4H3/t9-,11-,13?/m0/s1. The molecule has 0 aromatic heterocycles. The van der Waals surface area contributed by atoms with Gasteiger partial charge in [-0.15, -0.1) is 0 Å². The molecule has 1 saturated heterocycles. The Balaban J connectivity index is 2.30. The molecule has 1 unspecified atom stereocenters. The minimum Gasteiger partial charge on any atom is -0.374 e. The highest BCUT2D eigenvalue weighted by Gasteiger charge is 2.53. The van der Waals surface area contributed by atoms with Crippen LogP contribution >= 0.6 is 0 Å². The smallest absolute Gasteiger partial charge is 0.141 e. The summed E-state index contributed by atoms with van der Waals surface area (Å²) in [5.41, 5.74) is -0.0639. The molecule has 0 amide bonds. The molecular formula is C13H22O2. The number of carbonyl (C=O) groups excluding carboxylic acids is 1. The normalized spacial score (nSPS) is 44.9. The van der Waals surface area contributed by atoms with Crippen LogP contribution in [0.25, 0.3) is 0 Å². The van der Waals surface area contributed by atoms with Gasteiger partial charge in [0.1, 0.15) is 5.78 Å². The van der Waals surface area contributed by atoms with Gasteiger partial charge in [-0.05, 0) is 31.6 Å². The van der Waals surface area contributed by atoms with Crippen molar-refractivity contribution in [2.24, 2.45) is 10.8 Å². The van der Waals surface area contributed by atoms with Crippen molar-refractivity contribution in [2.75, 3.05) is 0 Å². The lowest BCUT2D eigenvalue weighted by atomic mass is 9.58. The van der Waals surface area contributed by atoms with Crippen molar-refractivity contribution >= 4 is 5.78 Å². The number of rotatable bonds is 0. The molecule has 86 valence electrons. The van der Waals surface area contributed by atoms with Gasteiger partial charge in [-0.3, -0.25) is 4.79 Å². The lowest BCUT2D eigenvalue weighted by molar-refractivity contribution is -0.189. The molecule has 1 aliphatic carbocycles. The first kappa shape index (κ1) is 11.1. The quantitative estimate of drug-likeness (QED) is 0.614. The maximum atomic E-state index is 11.9. The van der Waals surface area contributed by atoms with E-state index in [9.17, 15) is 4.79 Å². The average Bonchev–Trinajstić information content (AvgIpc) is 2.16. The highest BCUT2D eigenvalue weighted by molar-refractivity contribution is 5.85. The molecule has 0 N–H and O–H groups in total. The summed E-state index contributed by atoms with van der Waals surface area (Å²) >= 11 is 0. The molecule has 2 aliphatic rings. The van der Waals surface area contributed by atoms with Crippen LogP contribution in [0.3, 0.4) is 0 Å². The molecule has 0 radical (unpaired) electrons. The first-order valence-electron chi connectivity index (χ1n) is 6.05. The Bertz CT molecular complexity index is 282. The number of Topliss-reactive ketones (excluding diaryl/α,β-unsaturated/α-hetero) is 1. The van der Waals surface area contributed by atoms with Gasteiger partial charge in [-0.25, -0.2) is 0 Å². The minimum atomic E-state index is -0.290. The highest BCUT2D eigenvalue weighted by atomic mass is 16.5. The molecular weight excluding hydrogens is 188 g/mol. The summed E-state index contributed by atoms with van der Waals surface area (Å²) in [6.07, 6.45) is 4.51. The van der Waals surface area contributed by atoms with Crippen molar-refractivity contribution < 1.29 is 9.53 Å². The summed E-state index contributed by atoms with van der Waals surface area (Å²) in [4.78, 5) is 11.9. The molecule has 2 heteroatoms. The largest absolute Gasteiger partial charge is 0.374 e. The third-order valence-corrected chi connectivity index (χ3v) is 4.42. The molecule has 1 saturated carbocycles. The lowest BCUT2D eigenvalue weighted by Crippen LogP contribution is -2.56. The first-order valence-corrected chi connectivity index (χ1v) is 6.05. The second kappa shape index (κ2) is 3.31. The van der Waals surface area contributed by atoms with Crippen LogP contribution in [0.2, 0.25) is 0 Å². The van der Waals surface area contributed by atoms with Gasteiger partial charge in [0.15, 0.2) is 0 Å². The number of hydrogen-bond acceptors (Lipinski definition) is 2. The molecule has 2 fully saturated rings. The third kappa shape index (κ3) is 1.63. The Morgan fingerprint density at radius 1 is 1.27 bits per heavy atom. The maximum Gasteiger partial charge on any atom is 0.141 e. The van der Waals surface area contributed by atoms with Crippen molar-refractivity contribution in [1.82, 2.24) is 0 Å². The fourth-order valence-electron chi connectivity index (χ4n) is 3.29. The Kier molecular flexibility index (Phi) is 2.45. The van der Waals surface area contributed by atoms with E-state index in [1.165, 1.54) is 6.42 Å². The number of fused-ring (bicyclic) bond motifs is 1. The molecule has 2 nitrogen and oxygen atoms in total. The Morgan fingerprint density at radius 3 is 2.60 bits per heavy atom. The van der Waals surface area contributed by atoms with Crippen LogP contribution in [-0.4, -0.2) is 18.0 Å². The van der Waals surface area contributed by atoms with E-state index in [0.29, 0.717) is 11.9 Å². The van der Waals surface area contributed by atoms with Crippen molar-refractivity contribution in [3.05, 3.63) is 0 Å². The summed E-state index contributed by atoms with van der Waals surface area (Å²) in [6, 6.07) is 0. The number of carbonyl (C=O) groups is 1. The van der Waals surface area contributed by atoms with Gasteiger partial charge < -0.3 is 4.74 Å². The van der Waals surface area contributed by atoms with Crippen LogP contribution in [0.4, 0.5) is 0 Å². The molecule has 0 spiro atoms. The van der Waals surface area contributed by atoms with Gasteiger partial charge in [0, 0.05) is 6.42 Å². The summed E-state index contributed by atoms with van der Waals surface area (Å²) in [6.45, 7) is 8.51. The van der Waals surface area contributed by atoms with E-state index in [1.807, 2.05) is 0 Å². The zero-order chi connectivity index (χ0) is 11.3. The molecule has 0 aromatic rings. The van der Waals surface area contributed by atoms with Gasteiger partial charge in [0.05, 0.1) is 17.6 Å². The number of ether oxygens (including phenoxy) is 1. The zero-order valence-electron chi connectivity index (χ0n) is 10.3. The van der Waals surface area contributed by atoms with E-state index in [2.05, 4.69) is 27.7 Å². The lowest BCUT2D eigenvalue weighted by Gasteiger charge is -2.53. The molecule has 1 heterocycles. The van der Waals surface area contributed by atoms with Gasteiger partial charge in [-0.2, -0.15) is 0 Å². The van der Waals surface area contributed by atoms with E-state index in [-0.39, 0.29) is 16.9 Å². The second-order valence-corrected chi connectivity index (χ2v) is 6.16. The van der Waals surface area contributed by atoms with Crippen LogP contribution in [0.1, 0.15) is 53.4 Å². The first-order chi connectivity index (χ1) is 6.86. The Labute approximate surface area is 92.4 Å². The van der Waals surface area contributed by atoms with Crippen molar-refractivity contribution in [2.45, 2.75) is 65.6 Å². The predicted octanol–water partition coefficient (Wildman–Crippen LogP) is 2.95. The van der Waals surface area contributed by atoms with E-state index in [4.69, 9.17) is 4.74 Å². The van der Waals surface area contributed by atoms with Gasteiger partial charge in [-0.1, -0.05) is 20.8 Å². The SMILES string of the molecule is C[C@H]1CCC2(C)CCC(=O)C(C)(C)[C@@H]2O1. The number of ketones is 1. The molecule has 0 aromatic carbocycles. The Morgan fingerprint density at radius 2 is 1.93 bits per heavy atom. The minimum absolute atomic E-state index is 0.120. The number of hydrogen-bond donors (Lipinski definition) is 0. The molecule has 0 bridgehead atoms. The van der Waals surface area contributed by atoms with Gasteiger partial charge in [0.2, 0.25) is 0 Å². The molecule has 3 atom stereocenters. The Hall–Kier alpha value is -0.370. The van der Waals surface area contributed by atoms with Crippen LogP contribution in [0, 0.1) is 10.8 Å². The summed E-state index contributed by atoms with van der Waals surface area (Å²) in [5, 5.41) is 0. The molecule has 2 rings (SSSR count). The zero-order valence-corrected chi connectivity index (χ0v) is 10.3. The van der Waals surface area contributed by atoms with Crippen molar-refractivity contribution in [3.8, 4) is 0 Å². The summed E-state index contributed by atoms with van der Waals surface area (Å²) in [7, 11) is 0. The fourth-order valence-corrected chi connectivity index (χ4v) is 3.29. The topological polar surface area (TPSA) is 26.3 Å². The summed E-state index contributed by atoms with van der Waals surface area (Å²) in [5.74, 6) is 0.374. The van der Waals surface area contributed by atoms with Crippen LogP contribution in [0.5, 0.6) is 0 Å².